The Hall–Kier alpha value is -4.24. The standard InChI is InChI=1S/C35H44N2O7/c1-3-13-28(22-31(39)37-35(25-38)19-11-12-20-35)32(40)36-30(34(42)43-23-27-17-9-6-10-18-27)24-44-33(41)29(14-4-2)21-26-15-7-5-8-16-26/h3-10,15-18,28-30,38H,1-2,11-14,19-25H2,(H,36,40)(H,37,39)/t28-,29+,30+/m0/s1. The molecule has 9 heteroatoms. The molecule has 0 heterocycles. The van der Waals surface area contributed by atoms with Crippen LogP contribution in [0.3, 0.4) is 0 Å². The first-order valence-corrected chi connectivity index (χ1v) is 15.1. The molecule has 0 saturated heterocycles. The number of carbonyl (C=O) groups excluding carboxylic acids is 4. The van der Waals surface area contributed by atoms with E-state index in [9.17, 15) is 24.3 Å². The molecule has 0 unspecified atom stereocenters. The fourth-order valence-corrected chi connectivity index (χ4v) is 5.36. The predicted molar refractivity (Wildman–Crippen MR) is 167 cm³/mol. The molecule has 3 rings (SSSR count). The van der Waals surface area contributed by atoms with E-state index in [1.807, 2.05) is 48.5 Å². The van der Waals surface area contributed by atoms with Crippen molar-refractivity contribution in [2.45, 2.75) is 69.6 Å². The second kappa shape index (κ2) is 17.8. The molecule has 0 aliphatic heterocycles. The van der Waals surface area contributed by atoms with Crippen LogP contribution in [-0.2, 0) is 41.7 Å². The molecule has 9 nitrogen and oxygen atoms in total. The summed E-state index contributed by atoms with van der Waals surface area (Å²) >= 11 is 0. The van der Waals surface area contributed by atoms with Crippen LogP contribution in [0.5, 0.6) is 0 Å². The molecule has 236 valence electrons. The number of allylic oxidation sites excluding steroid dienone is 2. The summed E-state index contributed by atoms with van der Waals surface area (Å²) in [5.41, 5.74) is 1.03. The number of hydrogen-bond acceptors (Lipinski definition) is 7. The molecule has 1 aliphatic rings. The highest BCUT2D eigenvalue weighted by molar-refractivity contribution is 5.89. The molecule has 2 aromatic carbocycles. The van der Waals surface area contributed by atoms with Crippen LogP contribution in [0.15, 0.2) is 86.0 Å². The Kier molecular flexibility index (Phi) is 13.8. The number of aliphatic hydroxyl groups is 1. The molecule has 0 spiro atoms. The summed E-state index contributed by atoms with van der Waals surface area (Å²) in [6.45, 7) is 6.81. The van der Waals surface area contributed by atoms with E-state index >= 15 is 0 Å². The van der Waals surface area contributed by atoms with Crippen molar-refractivity contribution >= 4 is 23.8 Å². The minimum Gasteiger partial charge on any atom is -0.463 e. The summed E-state index contributed by atoms with van der Waals surface area (Å²) in [6, 6.07) is 17.3. The van der Waals surface area contributed by atoms with E-state index in [1.54, 1.807) is 18.2 Å². The number of nitrogens with one attached hydrogen (secondary N) is 2. The number of aliphatic hydroxyl groups excluding tert-OH is 1. The van der Waals surface area contributed by atoms with Gasteiger partial charge < -0.3 is 25.2 Å². The summed E-state index contributed by atoms with van der Waals surface area (Å²) < 4.78 is 11.0. The maximum Gasteiger partial charge on any atom is 0.332 e. The largest absolute Gasteiger partial charge is 0.463 e. The van der Waals surface area contributed by atoms with Gasteiger partial charge in [0.2, 0.25) is 11.8 Å². The first kappa shape index (κ1) is 34.3. The maximum atomic E-state index is 13.4. The van der Waals surface area contributed by atoms with E-state index < -0.39 is 47.9 Å². The summed E-state index contributed by atoms with van der Waals surface area (Å²) in [6.07, 6.45) is 7.13. The number of hydrogen-bond donors (Lipinski definition) is 3. The number of benzene rings is 2. The van der Waals surface area contributed by atoms with E-state index in [0.29, 0.717) is 25.7 Å². The van der Waals surface area contributed by atoms with Crippen molar-refractivity contribution in [1.82, 2.24) is 10.6 Å². The monoisotopic (exact) mass is 604 g/mol. The number of rotatable bonds is 18. The number of esters is 2. The minimum absolute atomic E-state index is 0.0329. The van der Waals surface area contributed by atoms with Gasteiger partial charge in [0, 0.05) is 6.42 Å². The van der Waals surface area contributed by atoms with Crippen LogP contribution in [-0.4, -0.2) is 53.7 Å². The van der Waals surface area contributed by atoms with E-state index in [1.165, 1.54) is 6.08 Å². The molecule has 44 heavy (non-hydrogen) atoms. The lowest BCUT2D eigenvalue weighted by molar-refractivity contribution is -0.157. The average Bonchev–Trinajstić information content (AvgIpc) is 3.50. The van der Waals surface area contributed by atoms with Crippen molar-refractivity contribution in [2.24, 2.45) is 11.8 Å². The first-order valence-electron chi connectivity index (χ1n) is 15.1. The van der Waals surface area contributed by atoms with E-state index in [2.05, 4.69) is 23.8 Å². The zero-order valence-corrected chi connectivity index (χ0v) is 25.2. The third-order valence-corrected chi connectivity index (χ3v) is 7.85. The van der Waals surface area contributed by atoms with Crippen LogP contribution in [0.4, 0.5) is 0 Å². The Balaban J connectivity index is 1.70. The van der Waals surface area contributed by atoms with Gasteiger partial charge in [-0.3, -0.25) is 14.4 Å². The van der Waals surface area contributed by atoms with Gasteiger partial charge in [-0.25, -0.2) is 4.79 Å². The van der Waals surface area contributed by atoms with Crippen molar-refractivity contribution < 1.29 is 33.8 Å². The summed E-state index contributed by atoms with van der Waals surface area (Å²) in [5.74, 6) is -3.61. The molecule has 3 atom stereocenters. The van der Waals surface area contributed by atoms with Crippen LogP contribution < -0.4 is 10.6 Å². The highest BCUT2D eigenvalue weighted by atomic mass is 16.6. The van der Waals surface area contributed by atoms with Crippen LogP contribution in [0.1, 0.15) is 56.1 Å². The van der Waals surface area contributed by atoms with Crippen molar-refractivity contribution in [3.05, 3.63) is 97.1 Å². The molecule has 2 aromatic rings. The number of carbonyl (C=O) groups is 4. The molecular formula is C35H44N2O7. The Morgan fingerprint density at radius 2 is 1.43 bits per heavy atom. The molecule has 0 bridgehead atoms. The second-order valence-corrected chi connectivity index (χ2v) is 11.3. The normalized spacial score (nSPS) is 15.7. The molecule has 0 aromatic heterocycles. The average molecular weight is 605 g/mol. The highest BCUT2D eigenvalue weighted by Crippen LogP contribution is 2.29. The van der Waals surface area contributed by atoms with Gasteiger partial charge >= 0.3 is 11.9 Å². The molecule has 1 aliphatic carbocycles. The lowest BCUT2D eigenvalue weighted by atomic mass is 9.95. The molecule has 0 radical (unpaired) electrons. The fourth-order valence-electron chi connectivity index (χ4n) is 5.36. The Bertz CT molecular complexity index is 1240. The smallest absolute Gasteiger partial charge is 0.332 e. The topological polar surface area (TPSA) is 131 Å². The Morgan fingerprint density at radius 3 is 2.02 bits per heavy atom. The van der Waals surface area contributed by atoms with Crippen molar-refractivity contribution in [1.29, 1.82) is 0 Å². The molecule has 3 N–H and O–H groups in total. The third-order valence-electron chi connectivity index (χ3n) is 7.85. The van der Waals surface area contributed by atoms with E-state index in [-0.39, 0.29) is 32.0 Å². The lowest BCUT2D eigenvalue weighted by Gasteiger charge is -2.29. The molecule has 2 amide bonds. The van der Waals surface area contributed by atoms with E-state index in [0.717, 1.165) is 24.0 Å². The van der Waals surface area contributed by atoms with Gasteiger partial charge in [0.1, 0.15) is 13.2 Å². The zero-order valence-electron chi connectivity index (χ0n) is 25.2. The molecule has 1 saturated carbocycles. The molecule has 1 fully saturated rings. The van der Waals surface area contributed by atoms with Gasteiger partial charge in [-0.2, -0.15) is 0 Å². The minimum atomic E-state index is -1.30. The van der Waals surface area contributed by atoms with Crippen LogP contribution in [0.25, 0.3) is 0 Å². The predicted octanol–water partition coefficient (Wildman–Crippen LogP) is 4.20. The van der Waals surface area contributed by atoms with Gasteiger partial charge in [0.15, 0.2) is 6.04 Å². The zero-order chi connectivity index (χ0) is 31.8. The maximum absolute atomic E-state index is 13.4. The van der Waals surface area contributed by atoms with Crippen molar-refractivity contribution in [2.75, 3.05) is 13.2 Å². The summed E-state index contributed by atoms with van der Waals surface area (Å²) in [5, 5.41) is 15.4. The Labute approximate surface area is 259 Å². The number of ether oxygens (including phenoxy) is 2. The third kappa shape index (κ3) is 10.8. The quantitative estimate of drug-likeness (QED) is 0.172. The van der Waals surface area contributed by atoms with Crippen LogP contribution >= 0.6 is 0 Å². The van der Waals surface area contributed by atoms with Gasteiger partial charge in [-0.15, -0.1) is 13.2 Å². The van der Waals surface area contributed by atoms with Gasteiger partial charge in [0.25, 0.3) is 0 Å². The SMILES string of the molecule is C=CC[C@@H](CC(=O)NC1(CO)CCCC1)C(=O)N[C@H](COC(=O)[C@H](CC=C)Cc1ccccc1)C(=O)OCc1ccccc1. The lowest BCUT2D eigenvalue weighted by Crippen LogP contribution is -2.51. The second-order valence-electron chi connectivity index (χ2n) is 11.3. The fraction of sp³-hybridized carbons (Fsp3) is 0.429. The van der Waals surface area contributed by atoms with Crippen LogP contribution in [0.2, 0.25) is 0 Å². The van der Waals surface area contributed by atoms with Crippen molar-refractivity contribution in [3.8, 4) is 0 Å². The first-order chi connectivity index (χ1) is 21.3. The highest BCUT2D eigenvalue weighted by Gasteiger charge is 2.36. The van der Waals surface area contributed by atoms with E-state index in [4.69, 9.17) is 9.47 Å². The van der Waals surface area contributed by atoms with Gasteiger partial charge in [-0.1, -0.05) is 85.7 Å². The Morgan fingerprint density at radius 1 is 0.841 bits per heavy atom. The van der Waals surface area contributed by atoms with Crippen LogP contribution in [0, 0.1) is 11.8 Å². The molecular weight excluding hydrogens is 560 g/mol. The van der Waals surface area contributed by atoms with Crippen molar-refractivity contribution in [3.63, 3.8) is 0 Å². The van der Waals surface area contributed by atoms with Gasteiger partial charge in [-0.05, 0) is 43.2 Å². The number of amides is 2. The summed E-state index contributed by atoms with van der Waals surface area (Å²) in [7, 11) is 0. The summed E-state index contributed by atoms with van der Waals surface area (Å²) in [4.78, 5) is 52.7. The van der Waals surface area contributed by atoms with Gasteiger partial charge in [0.05, 0.1) is 24.0 Å².